The standard InChI is InChI=1S/C22H38N6O2/c1-20-8-6-15(29)11-13(20)3-4-17-16(20)7-9-21(2)14(5-10-22(17,21)30)12-27-28(18(23)24)19(25)26/h12-17,29-30H,3-11H2,1-2H3,(H3,23,24)(H3,25,26)/b27-12+/t13?,14?,15?,16-,17-,20+,21-,22-/m1/s1. The van der Waals surface area contributed by atoms with Crippen LogP contribution in [0.4, 0.5) is 0 Å². The van der Waals surface area contributed by atoms with Crippen molar-refractivity contribution in [2.75, 3.05) is 0 Å². The van der Waals surface area contributed by atoms with E-state index in [4.69, 9.17) is 22.3 Å². The molecule has 0 radical (unpaired) electrons. The van der Waals surface area contributed by atoms with Crippen molar-refractivity contribution in [3.63, 3.8) is 0 Å². The number of fused-ring (bicyclic) bond motifs is 5. The second-order valence-corrected chi connectivity index (χ2v) is 10.8. The molecule has 0 saturated heterocycles. The maximum atomic E-state index is 12.1. The number of guanidine groups is 2. The van der Waals surface area contributed by atoms with Gasteiger partial charge in [-0.15, -0.1) is 0 Å². The third-order valence-electron chi connectivity index (χ3n) is 9.71. The van der Waals surface area contributed by atoms with Crippen LogP contribution in [0.1, 0.15) is 71.6 Å². The van der Waals surface area contributed by atoms with Crippen molar-refractivity contribution in [2.45, 2.75) is 83.3 Å². The number of hydrazone groups is 1. The van der Waals surface area contributed by atoms with Crippen molar-refractivity contribution in [3.8, 4) is 0 Å². The SMILES string of the molecule is C[C@]12CCC(O)CC1CC[C@@H]1[C@H]2CC[C@]2(C)C(/C=N/N(C(=N)N)C(=N)N)CC[C@@]12O. The third-order valence-corrected chi connectivity index (χ3v) is 9.71. The topological polar surface area (TPSA) is 156 Å². The van der Waals surface area contributed by atoms with Gasteiger partial charge in [0.1, 0.15) is 0 Å². The maximum absolute atomic E-state index is 12.1. The van der Waals surface area contributed by atoms with Gasteiger partial charge in [0, 0.05) is 17.5 Å². The van der Waals surface area contributed by atoms with Gasteiger partial charge in [-0.1, -0.05) is 13.8 Å². The fourth-order valence-corrected chi connectivity index (χ4v) is 7.88. The molecule has 4 aliphatic rings. The van der Waals surface area contributed by atoms with Crippen LogP contribution in [0.15, 0.2) is 5.10 Å². The summed E-state index contributed by atoms with van der Waals surface area (Å²) in [6.45, 7) is 4.61. The highest BCUT2D eigenvalue weighted by Crippen LogP contribution is 2.68. The van der Waals surface area contributed by atoms with E-state index in [-0.39, 0.29) is 40.7 Å². The lowest BCUT2D eigenvalue weighted by molar-refractivity contribution is -0.206. The van der Waals surface area contributed by atoms with E-state index in [9.17, 15) is 10.2 Å². The molecule has 3 unspecified atom stereocenters. The molecule has 8 heteroatoms. The summed E-state index contributed by atoms with van der Waals surface area (Å²) in [5, 5.41) is 42.6. The summed E-state index contributed by atoms with van der Waals surface area (Å²) >= 11 is 0. The Kier molecular flexibility index (Phi) is 5.17. The Morgan fingerprint density at radius 1 is 1.00 bits per heavy atom. The van der Waals surface area contributed by atoms with Gasteiger partial charge in [0.2, 0.25) is 11.9 Å². The minimum Gasteiger partial charge on any atom is -0.393 e. The Morgan fingerprint density at radius 2 is 1.70 bits per heavy atom. The summed E-state index contributed by atoms with van der Waals surface area (Å²) in [6, 6.07) is 0. The predicted octanol–water partition coefficient (Wildman–Crippen LogP) is 2.20. The lowest BCUT2D eigenvalue weighted by atomic mass is 9.43. The molecule has 0 amide bonds. The summed E-state index contributed by atoms with van der Waals surface area (Å²) < 4.78 is 0. The molecule has 8 N–H and O–H groups in total. The smallest absolute Gasteiger partial charge is 0.216 e. The van der Waals surface area contributed by atoms with Gasteiger partial charge in [-0.05, 0) is 81.0 Å². The first-order valence-electron chi connectivity index (χ1n) is 11.5. The van der Waals surface area contributed by atoms with Gasteiger partial charge in [-0.2, -0.15) is 10.1 Å². The first-order chi connectivity index (χ1) is 14.0. The highest BCUT2D eigenvalue weighted by Gasteiger charge is 2.66. The van der Waals surface area contributed by atoms with E-state index in [1.165, 1.54) is 0 Å². The van der Waals surface area contributed by atoms with Crippen LogP contribution in [0.3, 0.4) is 0 Å². The molecule has 4 fully saturated rings. The highest BCUT2D eigenvalue weighted by atomic mass is 16.3. The average molecular weight is 419 g/mol. The number of aliphatic hydroxyl groups is 2. The monoisotopic (exact) mass is 418 g/mol. The second-order valence-electron chi connectivity index (χ2n) is 10.8. The maximum Gasteiger partial charge on any atom is 0.216 e. The van der Waals surface area contributed by atoms with Gasteiger partial charge in [-0.3, -0.25) is 10.8 Å². The molecule has 0 aromatic rings. The number of rotatable bonds is 2. The average Bonchev–Trinajstić information content (AvgIpc) is 2.93. The zero-order chi connectivity index (χ0) is 21.9. The van der Waals surface area contributed by atoms with Crippen molar-refractivity contribution in [1.29, 1.82) is 10.8 Å². The van der Waals surface area contributed by atoms with Crippen LogP contribution in [-0.4, -0.2) is 45.1 Å². The van der Waals surface area contributed by atoms with E-state index < -0.39 is 5.60 Å². The molecule has 30 heavy (non-hydrogen) atoms. The fraction of sp³-hybridized carbons (Fsp3) is 0.864. The van der Waals surface area contributed by atoms with E-state index in [2.05, 4.69) is 18.9 Å². The largest absolute Gasteiger partial charge is 0.393 e. The summed E-state index contributed by atoms with van der Waals surface area (Å²) in [7, 11) is 0. The third kappa shape index (κ3) is 2.98. The number of aliphatic hydroxyl groups excluding tert-OH is 1. The van der Waals surface area contributed by atoms with Crippen LogP contribution < -0.4 is 11.5 Å². The predicted molar refractivity (Wildman–Crippen MR) is 117 cm³/mol. The van der Waals surface area contributed by atoms with E-state index in [0.717, 1.165) is 62.8 Å². The van der Waals surface area contributed by atoms with Gasteiger partial charge in [0.25, 0.3) is 0 Å². The Bertz CT molecular complexity index is 744. The van der Waals surface area contributed by atoms with E-state index in [0.29, 0.717) is 11.8 Å². The first kappa shape index (κ1) is 21.6. The van der Waals surface area contributed by atoms with Crippen LogP contribution >= 0.6 is 0 Å². The molecular formula is C22H38N6O2. The number of nitrogens with one attached hydrogen (secondary N) is 2. The molecule has 0 spiro atoms. The number of hydrogen-bond donors (Lipinski definition) is 6. The molecule has 8 atom stereocenters. The number of nitrogens with zero attached hydrogens (tertiary/aromatic N) is 2. The Labute approximate surface area is 179 Å². The van der Waals surface area contributed by atoms with Gasteiger partial charge in [-0.25, -0.2) is 0 Å². The summed E-state index contributed by atoms with van der Waals surface area (Å²) in [4.78, 5) is 0. The van der Waals surface area contributed by atoms with E-state index in [1.807, 2.05) is 0 Å². The molecule has 4 rings (SSSR count). The molecule has 4 aliphatic carbocycles. The van der Waals surface area contributed by atoms with Gasteiger partial charge < -0.3 is 21.7 Å². The molecule has 0 aromatic heterocycles. The Hall–Kier alpha value is -1.67. The summed E-state index contributed by atoms with van der Waals surface area (Å²) in [6.07, 6.45) is 10.2. The minimum atomic E-state index is -0.728. The summed E-state index contributed by atoms with van der Waals surface area (Å²) in [5.41, 5.74) is 10.2. The van der Waals surface area contributed by atoms with Gasteiger partial charge >= 0.3 is 0 Å². The van der Waals surface area contributed by atoms with Crippen molar-refractivity contribution in [2.24, 2.45) is 51.1 Å². The van der Waals surface area contributed by atoms with Crippen LogP contribution in [0, 0.1) is 45.3 Å². The summed E-state index contributed by atoms with van der Waals surface area (Å²) in [5.74, 6) is 0.641. The normalized spacial score (nSPS) is 47.9. The molecule has 0 aliphatic heterocycles. The van der Waals surface area contributed by atoms with Crippen molar-refractivity contribution < 1.29 is 10.2 Å². The fourth-order valence-electron chi connectivity index (χ4n) is 7.88. The number of nitrogens with two attached hydrogens (primary N) is 2. The quantitative estimate of drug-likeness (QED) is 0.230. The van der Waals surface area contributed by atoms with Gasteiger partial charge in [0.15, 0.2) is 0 Å². The number of hydrogen-bond acceptors (Lipinski definition) is 5. The van der Waals surface area contributed by atoms with E-state index >= 15 is 0 Å². The van der Waals surface area contributed by atoms with Crippen molar-refractivity contribution >= 4 is 18.1 Å². The van der Waals surface area contributed by atoms with E-state index in [1.54, 1.807) is 6.21 Å². The Balaban J connectivity index is 1.59. The van der Waals surface area contributed by atoms with Crippen molar-refractivity contribution in [3.05, 3.63) is 0 Å². The zero-order valence-corrected chi connectivity index (χ0v) is 18.3. The lowest BCUT2D eigenvalue weighted by Crippen LogP contribution is -2.62. The van der Waals surface area contributed by atoms with Crippen LogP contribution in [0.25, 0.3) is 0 Å². The van der Waals surface area contributed by atoms with Gasteiger partial charge in [0.05, 0.1) is 11.7 Å². The van der Waals surface area contributed by atoms with Crippen LogP contribution in [0.2, 0.25) is 0 Å². The molecule has 0 aromatic carbocycles. The van der Waals surface area contributed by atoms with Crippen molar-refractivity contribution in [1.82, 2.24) is 5.01 Å². The zero-order valence-electron chi connectivity index (χ0n) is 18.3. The Morgan fingerprint density at radius 3 is 2.37 bits per heavy atom. The van der Waals surface area contributed by atoms with Crippen LogP contribution in [-0.2, 0) is 0 Å². The highest BCUT2D eigenvalue weighted by molar-refractivity contribution is 5.94. The molecular weight excluding hydrogens is 380 g/mol. The second kappa shape index (κ2) is 7.19. The lowest BCUT2D eigenvalue weighted by Gasteiger charge is -2.63. The van der Waals surface area contributed by atoms with Crippen LogP contribution in [0.5, 0.6) is 0 Å². The molecule has 8 nitrogen and oxygen atoms in total. The molecule has 4 saturated carbocycles. The molecule has 168 valence electrons. The molecule has 0 heterocycles. The minimum absolute atomic E-state index is 0.0587. The molecule has 0 bridgehead atoms. The first-order valence-corrected chi connectivity index (χ1v) is 11.5.